The lowest BCUT2D eigenvalue weighted by molar-refractivity contribution is -0.115. The molecule has 0 aliphatic rings. The number of hydrogen-bond donors (Lipinski definition) is 1. The van der Waals surface area contributed by atoms with E-state index in [9.17, 15) is 9.00 Å². The van der Waals surface area contributed by atoms with E-state index >= 15 is 0 Å². The number of carbonyl (C=O) groups excluding carboxylic acids is 1. The molecule has 0 heterocycles. The largest absolute Gasteiger partial charge is 0.369 e. The summed E-state index contributed by atoms with van der Waals surface area (Å²) >= 11 is 0. The van der Waals surface area contributed by atoms with Crippen LogP contribution in [0.3, 0.4) is 0 Å². The first-order valence-corrected chi connectivity index (χ1v) is 7.27. The predicted octanol–water partition coefficient (Wildman–Crippen LogP) is 1.87. The fourth-order valence-electron chi connectivity index (χ4n) is 1.89. The van der Waals surface area contributed by atoms with E-state index < -0.39 is 16.7 Å². The standard InChI is InChI=1S/C15H15NO2S/c16-15(17)11-19(18)14-9-5-4-8-13(14)10-12-6-2-1-3-7-12/h1-9H,10-11H2,(H2,16,17). The zero-order valence-corrected chi connectivity index (χ0v) is 11.2. The molecule has 2 aromatic rings. The molecule has 0 saturated carbocycles. The molecule has 3 nitrogen and oxygen atoms in total. The van der Waals surface area contributed by atoms with Gasteiger partial charge in [-0.15, -0.1) is 0 Å². The molecule has 2 N–H and O–H groups in total. The van der Waals surface area contributed by atoms with E-state index in [4.69, 9.17) is 5.73 Å². The van der Waals surface area contributed by atoms with Crippen molar-refractivity contribution in [3.8, 4) is 0 Å². The highest BCUT2D eigenvalue weighted by Crippen LogP contribution is 2.17. The number of carbonyl (C=O) groups is 1. The van der Waals surface area contributed by atoms with Gasteiger partial charge in [-0.3, -0.25) is 9.00 Å². The van der Waals surface area contributed by atoms with Crippen molar-refractivity contribution < 1.29 is 9.00 Å². The Morgan fingerprint density at radius 1 is 1.00 bits per heavy atom. The summed E-state index contributed by atoms with van der Waals surface area (Å²) in [4.78, 5) is 11.6. The SMILES string of the molecule is NC(=O)CS(=O)c1ccccc1Cc1ccccc1. The van der Waals surface area contributed by atoms with Gasteiger partial charge in [0.15, 0.2) is 0 Å². The number of rotatable bonds is 5. The first-order valence-electron chi connectivity index (χ1n) is 5.95. The van der Waals surface area contributed by atoms with Gasteiger partial charge in [0.1, 0.15) is 5.75 Å². The molecule has 2 aromatic carbocycles. The minimum atomic E-state index is -1.37. The van der Waals surface area contributed by atoms with Gasteiger partial charge in [-0.1, -0.05) is 48.5 Å². The molecule has 1 amide bonds. The van der Waals surface area contributed by atoms with E-state index in [-0.39, 0.29) is 5.75 Å². The van der Waals surface area contributed by atoms with Gasteiger partial charge in [-0.05, 0) is 23.6 Å². The van der Waals surface area contributed by atoms with Crippen LogP contribution < -0.4 is 5.73 Å². The Morgan fingerprint density at radius 2 is 1.63 bits per heavy atom. The second-order valence-electron chi connectivity index (χ2n) is 4.23. The second kappa shape index (κ2) is 6.29. The molecule has 98 valence electrons. The molecule has 1 unspecified atom stereocenters. The van der Waals surface area contributed by atoms with E-state index in [1.54, 1.807) is 6.07 Å². The number of hydrogen-bond acceptors (Lipinski definition) is 2. The van der Waals surface area contributed by atoms with Gasteiger partial charge in [0.05, 0.1) is 10.8 Å². The van der Waals surface area contributed by atoms with Crippen molar-refractivity contribution in [3.63, 3.8) is 0 Å². The minimum absolute atomic E-state index is 0.133. The molecule has 0 aliphatic heterocycles. The summed E-state index contributed by atoms with van der Waals surface area (Å²) in [6.07, 6.45) is 0.696. The van der Waals surface area contributed by atoms with Crippen molar-refractivity contribution >= 4 is 16.7 Å². The van der Waals surface area contributed by atoms with Gasteiger partial charge in [-0.2, -0.15) is 0 Å². The van der Waals surface area contributed by atoms with E-state index in [0.29, 0.717) is 11.3 Å². The van der Waals surface area contributed by atoms with Gasteiger partial charge in [0.25, 0.3) is 0 Å². The van der Waals surface area contributed by atoms with Crippen molar-refractivity contribution in [1.29, 1.82) is 0 Å². The Balaban J connectivity index is 2.26. The maximum Gasteiger partial charge on any atom is 0.230 e. The molecule has 0 spiro atoms. The highest BCUT2D eigenvalue weighted by Gasteiger charge is 2.11. The molecule has 0 fully saturated rings. The fourth-order valence-corrected chi connectivity index (χ4v) is 2.97. The van der Waals surface area contributed by atoms with Crippen molar-refractivity contribution in [2.45, 2.75) is 11.3 Å². The molecule has 2 rings (SSSR count). The molecule has 0 radical (unpaired) electrons. The number of nitrogens with two attached hydrogens (primary N) is 1. The highest BCUT2D eigenvalue weighted by molar-refractivity contribution is 7.85. The molecule has 0 bridgehead atoms. The van der Waals surface area contributed by atoms with Crippen LogP contribution in [0.5, 0.6) is 0 Å². The Morgan fingerprint density at radius 3 is 2.32 bits per heavy atom. The summed E-state index contributed by atoms with van der Waals surface area (Å²) < 4.78 is 12.1. The summed E-state index contributed by atoms with van der Waals surface area (Å²) in [6.45, 7) is 0. The van der Waals surface area contributed by atoms with Crippen LogP contribution in [0.4, 0.5) is 0 Å². The van der Waals surface area contributed by atoms with Crippen LogP contribution in [0.1, 0.15) is 11.1 Å². The van der Waals surface area contributed by atoms with Gasteiger partial charge in [-0.25, -0.2) is 0 Å². The third-order valence-corrected chi connectivity index (χ3v) is 4.16. The second-order valence-corrected chi connectivity index (χ2v) is 5.65. The Bertz CT molecular complexity index is 596. The third-order valence-electron chi connectivity index (χ3n) is 2.73. The lowest BCUT2D eigenvalue weighted by atomic mass is 10.1. The first-order chi connectivity index (χ1) is 9.16. The molecular formula is C15H15NO2S. The molecule has 0 saturated heterocycles. The summed E-state index contributed by atoms with van der Waals surface area (Å²) in [5.41, 5.74) is 7.21. The van der Waals surface area contributed by atoms with Crippen molar-refractivity contribution in [2.24, 2.45) is 5.73 Å². The molecule has 1 atom stereocenters. The van der Waals surface area contributed by atoms with Crippen LogP contribution in [0.2, 0.25) is 0 Å². The van der Waals surface area contributed by atoms with Gasteiger partial charge in [0.2, 0.25) is 5.91 Å². The van der Waals surface area contributed by atoms with E-state index in [1.807, 2.05) is 48.5 Å². The average molecular weight is 273 g/mol. The first kappa shape index (κ1) is 13.5. The van der Waals surface area contributed by atoms with Crippen LogP contribution in [-0.2, 0) is 22.0 Å². The van der Waals surface area contributed by atoms with Crippen molar-refractivity contribution in [1.82, 2.24) is 0 Å². The molecule has 0 aromatic heterocycles. The van der Waals surface area contributed by atoms with Crippen molar-refractivity contribution in [2.75, 3.05) is 5.75 Å². The average Bonchev–Trinajstić information content (AvgIpc) is 2.39. The normalized spacial score (nSPS) is 12.0. The van der Waals surface area contributed by atoms with Crippen molar-refractivity contribution in [3.05, 3.63) is 65.7 Å². The summed E-state index contributed by atoms with van der Waals surface area (Å²) in [5, 5.41) is 0. The van der Waals surface area contributed by atoms with E-state index in [0.717, 1.165) is 11.1 Å². The molecule has 4 heteroatoms. The topological polar surface area (TPSA) is 60.2 Å². The molecular weight excluding hydrogens is 258 g/mol. The summed E-state index contributed by atoms with van der Waals surface area (Å²) in [7, 11) is -1.37. The van der Waals surface area contributed by atoms with Crippen LogP contribution >= 0.6 is 0 Å². The van der Waals surface area contributed by atoms with Crippen LogP contribution in [0.25, 0.3) is 0 Å². The Kier molecular flexibility index (Phi) is 4.47. The van der Waals surface area contributed by atoms with E-state index in [1.165, 1.54) is 0 Å². The maximum absolute atomic E-state index is 12.1. The predicted molar refractivity (Wildman–Crippen MR) is 76.2 cm³/mol. The Hall–Kier alpha value is -1.94. The van der Waals surface area contributed by atoms with Crippen LogP contribution in [-0.4, -0.2) is 15.9 Å². The molecule has 0 aliphatic carbocycles. The van der Waals surface area contributed by atoms with Crippen LogP contribution in [0, 0.1) is 0 Å². The summed E-state index contributed by atoms with van der Waals surface area (Å²) in [6, 6.07) is 17.4. The summed E-state index contributed by atoms with van der Waals surface area (Å²) in [5.74, 6) is -0.681. The minimum Gasteiger partial charge on any atom is -0.369 e. The Labute approximate surface area is 114 Å². The van der Waals surface area contributed by atoms with Gasteiger partial charge in [0, 0.05) is 4.90 Å². The smallest absolute Gasteiger partial charge is 0.230 e. The van der Waals surface area contributed by atoms with Gasteiger partial charge >= 0.3 is 0 Å². The lowest BCUT2D eigenvalue weighted by Gasteiger charge is -2.08. The number of primary amides is 1. The monoisotopic (exact) mass is 273 g/mol. The van der Waals surface area contributed by atoms with Gasteiger partial charge < -0.3 is 5.73 Å². The maximum atomic E-state index is 12.1. The van der Waals surface area contributed by atoms with Crippen LogP contribution in [0.15, 0.2) is 59.5 Å². The quantitative estimate of drug-likeness (QED) is 0.904. The third kappa shape index (κ3) is 3.76. The number of amides is 1. The zero-order valence-electron chi connectivity index (χ0n) is 10.4. The fraction of sp³-hybridized carbons (Fsp3) is 0.133. The zero-order chi connectivity index (χ0) is 13.7. The highest BCUT2D eigenvalue weighted by atomic mass is 32.2. The molecule has 19 heavy (non-hydrogen) atoms. The number of benzene rings is 2. The van der Waals surface area contributed by atoms with E-state index in [2.05, 4.69) is 0 Å². The lowest BCUT2D eigenvalue weighted by Crippen LogP contribution is -2.20.